The Morgan fingerprint density at radius 3 is 2.45 bits per heavy atom. The summed E-state index contributed by atoms with van der Waals surface area (Å²) in [5, 5.41) is 0.809. The molecule has 112 valence electrons. The van der Waals surface area contributed by atoms with E-state index < -0.39 is 0 Å². The lowest BCUT2D eigenvalue weighted by atomic mass is 10.1. The lowest BCUT2D eigenvalue weighted by Gasteiger charge is -2.10. The molecule has 0 fully saturated rings. The zero-order valence-electron chi connectivity index (χ0n) is 12.7. The van der Waals surface area contributed by atoms with Gasteiger partial charge in [-0.2, -0.15) is 0 Å². The summed E-state index contributed by atoms with van der Waals surface area (Å²) in [4.78, 5) is 25.8. The van der Waals surface area contributed by atoms with Gasteiger partial charge in [-0.15, -0.1) is 0 Å². The van der Waals surface area contributed by atoms with Crippen molar-refractivity contribution >= 4 is 28.3 Å². The third kappa shape index (κ3) is 2.02. The molecule has 0 aliphatic rings. The number of esters is 1. The maximum atomic E-state index is 12.1. The van der Waals surface area contributed by atoms with E-state index in [9.17, 15) is 9.59 Å². The Balaban J connectivity index is 2.36. The molecule has 3 aromatic rings. The van der Waals surface area contributed by atoms with Crippen molar-refractivity contribution in [3.63, 3.8) is 0 Å². The number of carbonyl (C=O) groups excluding carboxylic acids is 2. The number of fused-ring (bicyclic) bond motifs is 3. The summed E-state index contributed by atoms with van der Waals surface area (Å²) in [5.74, 6) is -0.468. The van der Waals surface area contributed by atoms with Gasteiger partial charge in [-0.25, -0.2) is 4.79 Å². The highest BCUT2D eigenvalue weighted by Crippen LogP contribution is 2.27. The third-order valence-electron chi connectivity index (χ3n) is 3.68. The fourth-order valence-corrected chi connectivity index (χ4v) is 2.64. The second kappa shape index (κ2) is 5.18. The zero-order valence-corrected chi connectivity index (χ0v) is 12.7. The molecule has 5 heteroatoms. The van der Waals surface area contributed by atoms with Gasteiger partial charge >= 0.3 is 5.97 Å². The Morgan fingerprint density at radius 2 is 1.77 bits per heavy atom. The number of rotatable bonds is 2. The first kappa shape index (κ1) is 14.1. The van der Waals surface area contributed by atoms with E-state index in [1.807, 2.05) is 28.7 Å². The number of methoxy groups -OCH3 is 1. The predicted octanol–water partition coefficient (Wildman–Crippen LogP) is 2.58. The maximum Gasteiger partial charge on any atom is 0.340 e. The van der Waals surface area contributed by atoms with E-state index in [1.54, 1.807) is 32.4 Å². The molecule has 3 rings (SSSR count). The highest BCUT2D eigenvalue weighted by atomic mass is 16.5. The minimum Gasteiger partial charge on any atom is -0.465 e. The van der Waals surface area contributed by atoms with Gasteiger partial charge in [0.15, 0.2) is 0 Å². The first-order valence-corrected chi connectivity index (χ1v) is 6.87. The normalized spacial score (nSPS) is 10.9. The minimum absolute atomic E-state index is 0.0840. The number of hydrogen-bond acceptors (Lipinski definition) is 3. The number of aromatic nitrogens is 1. The van der Waals surface area contributed by atoms with Crippen LogP contribution in [0.1, 0.15) is 20.7 Å². The van der Waals surface area contributed by atoms with Crippen molar-refractivity contribution in [2.75, 3.05) is 21.2 Å². The molecular weight excluding hydrogens is 280 g/mol. The van der Waals surface area contributed by atoms with Crippen LogP contribution in [0.15, 0.2) is 42.6 Å². The van der Waals surface area contributed by atoms with Crippen molar-refractivity contribution in [3.05, 3.63) is 53.7 Å². The van der Waals surface area contributed by atoms with Crippen molar-refractivity contribution in [2.24, 2.45) is 0 Å². The molecule has 2 heterocycles. The van der Waals surface area contributed by atoms with Crippen LogP contribution < -0.4 is 0 Å². The van der Waals surface area contributed by atoms with Crippen LogP contribution in [0.2, 0.25) is 0 Å². The molecule has 2 aromatic heterocycles. The van der Waals surface area contributed by atoms with Gasteiger partial charge in [0, 0.05) is 25.7 Å². The van der Waals surface area contributed by atoms with Gasteiger partial charge < -0.3 is 14.0 Å². The van der Waals surface area contributed by atoms with E-state index in [0.717, 1.165) is 16.4 Å². The van der Waals surface area contributed by atoms with Crippen molar-refractivity contribution in [2.45, 2.75) is 0 Å². The highest BCUT2D eigenvalue weighted by Gasteiger charge is 2.19. The largest absolute Gasteiger partial charge is 0.465 e. The fraction of sp³-hybridized carbons (Fsp3) is 0.176. The second-order valence-corrected chi connectivity index (χ2v) is 5.26. The van der Waals surface area contributed by atoms with Crippen LogP contribution >= 0.6 is 0 Å². The molecule has 0 aliphatic heterocycles. The molecule has 0 atom stereocenters. The summed E-state index contributed by atoms with van der Waals surface area (Å²) in [6.07, 6.45) is 1.76. The number of para-hydroxylation sites is 1. The molecule has 5 nitrogen and oxygen atoms in total. The predicted molar refractivity (Wildman–Crippen MR) is 84.3 cm³/mol. The van der Waals surface area contributed by atoms with Crippen LogP contribution in [0.5, 0.6) is 0 Å². The van der Waals surface area contributed by atoms with Crippen LogP contribution in [-0.4, -0.2) is 42.4 Å². The second-order valence-electron chi connectivity index (χ2n) is 5.26. The third-order valence-corrected chi connectivity index (χ3v) is 3.68. The van der Waals surface area contributed by atoms with E-state index >= 15 is 0 Å². The number of nitrogens with zero attached hydrogens (tertiary/aromatic N) is 2. The smallest absolute Gasteiger partial charge is 0.340 e. The van der Waals surface area contributed by atoms with Crippen LogP contribution in [0.4, 0.5) is 0 Å². The summed E-state index contributed by atoms with van der Waals surface area (Å²) in [5.41, 5.74) is 2.67. The van der Waals surface area contributed by atoms with Gasteiger partial charge in [0.1, 0.15) is 0 Å². The van der Waals surface area contributed by atoms with Gasteiger partial charge in [0.25, 0.3) is 5.91 Å². The monoisotopic (exact) mass is 296 g/mol. The number of pyridine rings is 1. The van der Waals surface area contributed by atoms with Gasteiger partial charge in [-0.05, 0) is 18.2 Å². The minimum atomic E-state index is -0.384. The average molecular weight is 296 g/mol. The molecule has 0 bridgehead atoms. The molecular formula is C17H16N2O3. The van der Waals surface area contributed by atoms with E-state index in [1.165, 1.54) is 12.0 Å². The van der Waals surface area contributed by atoms with Crippen molar-refractivity contribution in [3.8, 4) is 0 Å². The highest BCUT2D eigenvalue weighted by molar-refractivity contribution is 6.12. The standard InChI is InChI=1S/C17H16N2O3/c1-18(2)16(20)11-8-9-14-15(17(21)22-3)12-6-4-5-7-13(12)19(14)10-11/h4-10H,1-3H3. The number of amides is 1. The number of hydrogen-bond donors (Lipinski definition) is 0. The summed E-state index contributed by atoms with van der Waals surface area (Å²) in [6, 6.07) is 11.1. The Bertz CT molecular complexity index is 893. The maximum absolute atomic E-state index is 12.1. The van der Waals surface area contributed by atoms with Crippen LogP contribution in [-0.2, 0) is 4.74 Å². The molecule has 0 aliphatic carbocycles. The number of ether oxygens (including phenoxy) is 1. The Kier molecular flexibility index (Phi) is 3.33. The summed E-state index contributed by atoms with van der Waals surface area (Å²) in [7, 11) is 4.78. The molecule has 0 unspecified atom stereocenters. The van der Waals surface area contributed by atoms with Gasteiger partial charge in [-0.1, -0.05) is 18.2 Å². The zero-order chi connectivity index (χ0) is 15.9. The van der Waals surface area contributed by atoms with Crippen molar-refractivity contribution < 1.29 is 14.3 Å². The number of benzene rings is 1. The molecule has 0 saturated heterocycles. The first-order chi connectivity index (χ1) is 10.5. The molecule has 0 saturated carbocycles. The molecule has 0 spiro atoms. The van der Waals surface area contributed by atoms with E-state index in [2.05, 4.69) is 0 Å². The van der Waals surface area contributed by atoms with Gasteiger partial charge in [-0.3, -0.25) is 4.79 Å². The molecule has 0 N–H and O–H groups in total. The first-order valence-electron chi connectivity index (χ1n) is 6.87. The quantitative estimate of drug-likeness (QED) is 0.683. The van der Waals surface area contributed by atoms with Gasteiger partial charge in [0.2, 0.25) is 0 Å². The summed E-state index contributed by atoms with van der Waals surface area (Å²) >= 11 is 0. The van der Waals surface area contributed by atoms with Crippen LogP contribution in [0, 0.1) is 0 Å². The lowest BCUT2D eigenvalue weighted by Crippen LogP contribution is -2.21. The average Bonchev–Trinajstić information content (AvgIpc) is 2.87. The molecule has 22 heavy (non-hydrogen) atoms. The number of carbonyl (C=O) groups is 2. The van der Waals surface area contributed by atoms with Gasteiger partial charge in [0.05, 0.1) is 29.3 Å². The van der Waals surface area contributed by atoms with E-state index in [4.69, 9.17) is 4.74 Å². The fourth-order valence-electron chi connectivity index (χ4n) is 2.64. The van der Waals surface area contributed by atoms with Crippen LogP contribution in [0.25, 0.3) is 16.4 Å². The molecule has 1 aromatic carbocycles. The SMILES string of the molecule is COC(=O)c1c2ccccc2n2cc(C(=O)N(C)C)ccc12. The van der Waals surface area contributed by atoms with E-state index in [-0.39, 0.29) is 11.9 Å². The Hall–Kier alpha value is -2.82. The van der Waals surface area contributed by atoms with Crippen molar-refractivity contribution in [1.82, 2.24) is 9.30 Å². The Morgan fingerprint density at radius 1 is 1.05 bits per heavy atom. The topological polar surface area (TPSA) is 51.0 Å². The van der Waals surface area contributed by atoms with E-state index in [0.29, 0.717) is 11.1 Å². The lowest BCUT2D eigenvalue weighted by molar-refractivity contribution is 0.0605. The van der Waals surface area contributed by atoms with Crippen LogP contribution in [0.3, 0.4) is 0 Å². The Labute approximate surface area is 127 Å². The molecule has 0 radical (unpaired) electrons. The molecule has 1 amide bonds. The van der Waals surface area contributed by atoms with Crippen molar-refractivity contribution in [1.29, 1.82) is 0 Å². The summed E-state index contributed by atoms with van der Waals surface area (Å²) < 4.78 is 6.76. The summed E-state index contributed by atoms with van der Waals surface area (Å²) in [6.45, 7) is 0.